The summed E-state index contributed by atoms with van der Waals surface area (Å²) in [6.07, 6.45) is 0. The molecule has 114 valence electrons. The molecule has 0 unspecified atom stereocenters. The van der Waals surface area contributed by atoms with E-state index in [0.29, 0.717) is 0 Å². The first-order valence-corrected chi connectivity index (χ1v) is 6.57. The Labute approximate surface area is 127 Å². The summed E-state index contributed by atoms with van der Waals surface area (Å²) in [5.74, 6) is -0.0275. The quantitative estimate of drug-likeness (QED) is 0.464. The predicted molar refractivity (Wildman–Crippen MR) is 80.4 cm³/mol. The smallest absolute Gasteiger partial charge is 0.287 e. The zero-order valence-electron chi connectivity index (χ0n) is 12.2. The molecule has 22 heavy (non-hydrogen) atoms. The van der Waals surface area contributed by atoms with E-state index in [1.165, 1.54) is 26.2 Å². The molecule has 0 aliphatic heterocycles. The average Bonchev–Trinajstić information content (AvgIpc) is 2.52. The van der Waals surface area contributed by atoms with Gasteiger partial charge in [-0.15, -0.1) is 0 Å². The van der Waals surface area contributed by atoms with E-state index >= 15 is 0 Å². The largest absolute Gasteiger partial charge is 0.496 e. The number of hydrogen-bond acceptors (Lipinski definition) is 5. The molecular formula is C16H15NO5. The van der Waals surface area contributed by atoms with Gasteiger partial charge >= 0.3 is 0 Å². The van der Waals surface area contributed by atoms with E-state index in [1.54, 1.807) is 0 Å². The molecule has 0 amide bonds. The molecular weight excluding hydrogens is 286 g/mol. The minimum Gasteiger partial charge on any atom is -0.496 e. The third-order valence-corrected chi connectivity index (χ3v) is 3.07. The molecule has 2 rings (SSSR count). The Morgan fingerprint density at radius 3 is 2.45 bits per heavy atom. The van der Waals surface area contributed by atoms with Gasteiger partial charge in [-0.3, -0.25) is 14.9 Å². The van der Waals surface area contributed by atoms with Crippen LogP contribution in [0.3, 0.4) is 0 Å². The normalized spacial score (nSPS) is 10.1. The van der Waals surface area contributed by atoms with E-state index in [1.807, 2.05) is 30.3 Å². The maximum Gasteiger partial charge on any atom is 0.287 e. The molecule has 0 heterocycles. The van der Waals surface area contributed by atoms with Crippen molar-refractivity contribution in [2.24, 2.45) is 0 Å². The molecule has 6 nitrogen and oxygen atoms in total. The number of nitrogens with zero attached hydrogens (tertiary/aromatic N) is 1. The van der Waals surface area contributed by atoms with Crippen molar-refractivity contribution in [3.8, 4) is 11.5 Å². The second-order valence-electron chi connectivity index (χ2n) is 4.61. The number of ketones is 1. The number of nitro benzene ring substituents is 1. The Morgan fingerprint density at radius 1 is 1.23 bits per heavy atom. The molecule has 0 bridgehead atoms. The number of hydrogen-bond donors (Lipinski definition) is 0. The van der Waals surface area contributed by atoms with E-state index in [-0.39, 0.29) is 29.4 Å². The molecule has 6 heteroatoms. The van der Waals surface area contributed by atoms with Gasteiger partial charge in [-0.25, -0.2) is 0 Å². The topological polar surface area (TPSA) is 78.7 Å². The third kappa shape index (κ3) is 3.41. The number of Topliss-reactive ketones (excluding diaryl/α,β-unsaturated/α-hetero) is 1. The zero-order chi connectivity index (χ0) is 16.1. The van der Waals surface area contributed by atoms with Crippen LogP contribution in [0.25, 0.3) is 0 Å². The van der Waals surface area contributed by atoms with Crippen LogP contribution in [0.4, 0.5) is 5.69 Å². The Morgan fingerprint density at radius 2 is 1.91 bits per heavy atom. The molecule has 0 aliphatic carbocycles. The lowest BCUT2D eigenvalue weighted by Gasteiger charge is -2.11. The van der Waals surface area contributed by atoms with Crippen LogP contribution < -0.4 is 9.47 Å². The number of nitro groups is 1. The monoisotopic (exact) mass is 301 g/mol. The zero-order valence-corrected chi connectivity index (χ0v) is 12.2. The molecule has 0 N–H and O–H groups in total. The van der Waals surface area contributed by atoms with E-state index in [9.17, 15) is 14.9 Å². The number of carbonyl (C=O) groups is 1. The van der Waals surface area contributed by atoms with Crippen molar-refractivity contribution in [3.63, 3.8) is 0 Å². The van der Waals surface area contributed by atoms with Crippen LogP contribution in [0.5, 0.6) is 11.5 Å². The SMILES string of the molecule is COc1cc(OCc2ccccc2)cc([N+](=O)[O-])c1C(C)=O. The van der Waals surface area contributed by atoms with Gasteiger partial charge in [0.25, 0.3) is 5.69 Å². The summed E-state index contributed by atoms with van der Waals surface area (Å²) in [6.45, 7) is 1.52. The lowest BCUT2D eigenvalue weighted by Crippen LogP contribution is -2.05. The van der Waals surface area contributed by atoms with Crippen LogP contribution in [0.15, 0.2) is 42.5 Å². The molecule has 0 atom stereocenters. The van der Waals surface area contributed by atoms with Crippen molar-refractivity contribution in [1.82, 2.24) is 0 Å². The van der Waals surface area contributed by atoms with Crippen LogP contribution in [0.1, 0.15) is 22.8 Å². The minimum atomic E-state index is -0.616. The van der Waals surface area contributed by atoms with E-state index in [0.717, 1.165) is 5.56 Å². The number of rotatable bonds is 6. The van der Waals surface area contributed by atoms with E-state index < -0.39 is 10.7 Å². The van der Waals surface area contributed by atoms with E-state index in [4.69, 9.17) is 9.47 Å². The van der Waals surface area contributed by atoms with Gasteiger partial charge in [-0.1, -0.05) is 30.3 Å². The van der Waals surface area contributed by atoms with Gasteiger partial charge in [0.05, 0.1) is 18.1 Å². The van der Waals surface area contributed by atoms with Gasteiger partial charge < -0.3 is 9.47 Å². The molecule has 2 aromatic carbocycles. The average molecular weight is 301 g/mol. The maximum absolute atomic E-state index is 11.6. The predicted octanol–water partition coefficient (Wildman–Crippen LogP) is 3.39. The highest BCUT2D eigenvalue weighted by molar-refractivity contribution is 6.01. The Balaban J connectivity index is 2.34. The Hall–Kier alpha value is -2.89. The fraction of sp³-hybridized carbons (Fsp3) is 0.188. The summed E-state index contributed by atoms with van der Waals surface area (Å²) in [5.41, 5.74) is 0.550. The Kier molecular flexibility index (Phi) is 4.73. The highest BCUT2D eigenvalue weighted by Gasteiger charge is 2.24. The molecule has 0 fully saturated rings. The molecule has 2 aromatic rings. The first-order chi connectivity index (χ1) is 10.5. The molecule has 0 saturated carbocycles. The first kappa shape index (κ1) is 15.5. The van der Waals surface area contributed by atoms with Crippen molar-refractivity contribution in [2.45, 2.75) is 13.5 Å². The lowest BCUT2D eigenvalue weighted by atomic mass is 10.1. The van der Waals surface area contributed by atoms with Gasteiger partial charge in [0.2, 0.25) is 0 Å². The summed E-state index contributed by atoms with van der Waals surface area (Å²) in [5, 5.41) is 11.2. The summed E-state index contributed by atoms with van der Waals surface area (Å²) >= 11 is 0. The van der Waals surface area contributed by atoms with Crippen LogP contribution in [-0.4, -0.2) is 17.8 Å². The van der Waals surface area contributed by atoms with Gasteiger partial charge in [-0.2, -0.15) is 0 Å². The van der Waals surface area contributed by atoms with Crippen molar-refractivity contribution < 1.29 is 19.2 Å². The second-order valence-corrected chi connectivity index (χ2v) is 4.61. The number of methoxy groups -OCH3 is 1. The van der Waals surface area contributed by atoms with Crippen molar-refractivity contribution in [1.29, 1.82) is 0 Å². The van der Waals surface area contributed by atoms with Gasteiger partial charge in [0.15, 0.2) is 5.78 Å². The minimum absolute atomic E-state index is 0.0560. The number of carbonyl (C=O) groups excluding carboxylic acids is 1. The van der Waals surface area contributed by atoms with Crippen LogP contribution in [0.2, 0.25) is 0 Å². The molecule has 0 aromatic heterocycles. The number of ether oxygens (including phenoxy) is 2. The summed E-state index contributed by atoms with van der Waals surface area (Å²) < 4.78 is 10.6. The second kappa shape index (κ2) is 6.71. The van der Waals surface area contributed by atoms with Crippen LogP contribution in [-0.2, 0) is 6.61 Å². The van der Waals surface area contributed by atoms with Crippen molar-refractivity contribution in [3.05, 3.63) is 63.7 Å². The summed E-state index contributed by atoms with van der Waals surface area (Å²) in [6, 6.07) is 12.1. The number of benzene rings is 2. The molecule has 0 radical (unpaired) electrons. The highest BCUT2D eigenvalue weighted by Crippen LogP contribution is 2.34. The van der Waals surface area contributed by atoms with Crippen LogP contribution in [0, 0.1) is 10.1 Å². The van der Waals surface area contributed by atoms with Crippen molar-refractivity contribution >= 4 is 11.5 Å². The molecule has 0 aliphatic rings. The fourth-order valence-electron chi connectivity index (χ4n) is 2.06. The fourth-order valence-corrected chi connectivity index (χ4v) is 2.06. The van der Waals surface area contributed by atoms with E-state index in [2.05, 4.69) is 0 Å². The Bertz CT molecular complexity index is 697. The maximum atomic E-state index is 11.6. The molecule has 0 spiro atoms. The lowest BCUT2D eigenvalue weighted by molar-refractivity contribution is -0.385. The standard InChI is InChI=1S/C16H15NO5/c1-11(18)16-14(17(19)20)8-13(9-15(16)21-2)22-10-12-6-4-3-5-7-12/h3-9H,10H2,1-2H3. The first-order valence-electron chi connectivity index (χ1n) is 6.57. The van der Waals surface area contributed by atoms with Crippen molar-refractivity contribution in [2.75, 3.05) is 7.11 Å². The van der Waals surface area contributed by atoms with Crippen LogP contribution >= 0.6 is 0 Å². The molecule has 0 saturated heterocycles. The summed E-state index contributed by atoms with van der Waals surface area (Å²) in [4.78, 5) is 22.2. The van der Waals surface area contributed by atoms with Gasteiger partial charge in [-0.05, 0) is 12.5 Å². The third-order valence-electron chi connectivity index (χ3n) is 3.07. The summed E-state index contributed by atoms with van der Waals surface area (Å²) in [7, 11) is 1.35. The van der Waals surface area contributed by atoms with Gasteiger partial charge in [0.1, 0.15) is 23.7 Å². The highest BCUT2D eigenvalue weighted by atomic mass is 16.6. The van der Waals surface area contributed by atoms with Gasteiger partial charge in [0, 0.05) is 6.07 Å².